The van der Waals surface area contributed by atoms with Crippen molar-refractivity contribution in [2.45, 2.75) is 24.7 Å². The fraction of sp³-hybridized carbons (Fsp3) is 0.0976. The smallest absolute Gasteiger partial charge is 0.308 e. The Kier molecular flexibility index (Phi) is 8.02. The number of para-hydroxylation sites is 2. The lowest BCUT2D eigenvalue weighted by Gasteiger charge is -2.23. The summed E-state index contributed by atoms with van der Waals surface area (Å²) in [5, 5.41) is 11.5. The van der Waals surface area contributed by atoms with Crippen LogP contribution in [0.1, 0.15) is 27.8 Å². The summed E-state index contributed by atoms with van der Waals surface area (Å²) in [7, 11) is 0. The number of fused-ring (bicyclic) bond motifs is 6. The van der Waals surface area contributed by atoms with Gasteiger partial charge in [0.15, 0.2) is 0 Å². The highest BCUT2D eigenvalue weighted by molar-refractivity contribution is 6.12. The molecule has 0 bridgehead atoms. The molecule has 56 heavy (non-hydrogen) atoms. The van der Waals surface area contributed by atoms with Crippen LogP contribution in [0.15, 0.2) is 115 Å². The summed E-state index contributed by atoms with van der Waals surface area (Å²) >= 11 is 0. The Morgan fingerprint density at radius 3 is 1.14 bits per heavy atom. The van der Waals surface area contributed by atoms with Gasteiger partial charge in [-0.05, 0) is 72.3 Å². The number of benzene rings is 6. The van der Waals surface area contributed by atoms with Gasteiger partial charge in [0, 0.05) is 27.1 Å². The molecule has 2 heterocycles. The zero-order valence-corrected chi connectivity index (χ0v) is 27.8. The van der Waals surface area contributed by atoms with Crippen molar-refractivity contribution in [2.75, 3.05) is 0 Å². The average Bonchev–Trinajstić information content (AvgIpc) is 3.65. The molecule has 0 saturated heterocycles. The fourth-order valence-electron chi connectivity index (χ4n) is 7.24. The maximum Gasteiger partial charge on any atom is 0.416 e. The SMILES string of the molecule is N#Cc1cc(-n2c3ccccc3c3ccc(C(F)(F)F)cc32)c(-c2cc(C(F)(F)F)cc(C(F)(F)F)c2)c(-n2c3ccccc3c3ccc(C(F)(F)F)cc32)c1. The lowest BCUT2D eigenvalue weighted by atomic mass is 9.94. The normalized spacial score (nSPS) is 13.0. The molecule has 0 atom stereocenters. The quantitative estimate of drug-likeness (QED) is 0.164. The third kappa shape index (κ3) is 5.96. The van der Waals surface area contributed by atoms with Gasteiger partial charge in [-0.3, -0.25) is 0 Å². The zero-order chi connectivity index (χ0) is 40.1. The maximum absolute atomic E-state index is 14.4. The molecule has 2 aromatic heterocycles. The van der Waals surface area contributed by atoms with Crippen LogP contribution in [-0.2, 0) is 24.7 Å². The molecule has 0 aliphatic heterocycles. The summed E-state index contributed by atoms with van der Waals surface area (Å²) in [5.74, 6) is 0. The van der Waals surface area contributed by atoms with Crippen molar-refractivity contribution in [3.8, 4) is 28.6 Å². The summed E-state index contributed by atoms with van der Waals surface area (Å²) in [6.07, 6.45) is -20.5. The fourth-order valence-corrected chi connectivity index (χ4v) is 7.24. The van der Waals surface area contributed by atoms with Gasteiger partial charge in [-0.2, -0.15) is 57.9 Å². The lowest BCUT2D eigenvalue weighted by molar-refractivity contribution is -0.143. The second kappa shape index (κ2) is 12.3. The molecule has 282 valence electrons. The molecule has 15 heteroatoms. The first-order valence-electron chi connectivity index (χ1n) is 16.4. The minimum Gasteiger partial charge on any atom is -0.308 e. The van der Waals surface area contributed by atoms with Crippen LogP contribution in [0.2, 0.25) is 0 Å². The van der Waals surface area contributed by atoms with E-state index in [0.717, 1.165) is 36.4 Å². The zero-order valence-electron chi connectivity index (χ0n) is 27.8. The largest absolute Gasteiger partial charge is 0.416 e. The van der Waals surface area contributed by atoms with Gasteiger partial charge >= 0.3 is 24.7 Å². The third-order valence-corrected chi connectivity index (χ3v) is 9.59. The van der Waals surface area contributed by atoms with E-state index < -0.39 is 58.1 Å². The Hall–Kier alpha value is -6.43. The number of aromatic nitrogens is 2. The van der Waals surface area contributed by atoms with E-state index in [2.05, 4.69) is 0 Å². The van der Waals surface area contributed by atoms with Crippen molar-refractivity contribution in [3.63, 3.8) is 0 Å². The predicted molar refractivity (Wildman–Crippen MR) is 185 cm³/mol. The summed E-state index contributed by atoms with van der Waals surface area (Å²) in [4.78, 5) is 0. The highest BCUT2D eigenvalue weighted by Gasteiger charge is 2.38. The van der Waals surface area contributed by atoms with E-state index in [9.17, 15) is 57.9 Å². The third-order valence-electron chi connectivity index (χ3n) is 9.59. The molecule has 0 unspecified atom stereocenters. The summed E-state index contributed by atoms with van der Waals surface area (Å²) in [6, 6.07) is 22.5. The highest BCUT2D eigenvalue weighted by Crippen LogP contribution is 2.47. The molecule has 0 saturated carbocycles. The van der Waals surface area contributed by atoms with Crippen LogP contribution in [0.5, 0.6) is 0 Å². The van der Waals surface area contributed by atoms with E-state index in [1.54, 1.807) is 24.3 Å². The Labute approximate surface area is 306 Å². The molecule has 0 aliphatic rings. The Bertz CT molecular complexity index is 2750. The second-order valence-corrected chi connectivity index (χ2v) is 13.0. The number of nitrogens with zero attached hydrogens (tertiary/aromatic N) is 3. The molecule has 0 amide bonds. The Morgan fingerprint density at radius 1 is 0.393 bits per heavy atom. The molecule has 8 rings (SSSR count). The number of alkyl halides is 12. The minimum atomic E-state index is -5.34. The van der Waals surface area contributed by atoms with Crippen LogP contribution in [0, 0.1) is 11.3 Å². The van der Waals surface area contributed by atoms with Crippen molar-refractivity contribution in [1.82, 2.24) is 9.13 Å². The molecule has 0 spiro atoms. The number of rotatable bonds is 3. The maximum atomic E-state index is 14.4. The number of hydrogen-bond donors (Lipinski definition) is 0. The monoisotopic (exact) mass is 781 g/mol. The van der Waals surface area contributed by atoms with Crippen LogP contribution < -0.4 is 0 Å². The molecule has 6 aromatic carbocycles. The molecule has 0 aliphatic carbocycles. The van der Waals surface area contributed by atoms with Crippen molar-refractivity contribution < 1.29 is 52.7 Å². The first-order valence-corrected chi connectivity index (χ1v) is 16.4. The van der Waals surface area contributed by atoms with Gasteiger partial charge in [-0.15, -0.1) is 0 Å². The van der Waals surface area contributed by atoms with E-state index >= 15 is 0 Å². The van der Waals surface area contributed by atoms with Gasteiger partial charge in [-0.1, -0.05) is 48.5 Å². The van der Waals surface area contributed by atoms with Gasteiger partial charge in [0.1, 0.15) is 0 Å². The topological polar surface area (TPSA) is 33.6 Å². The number of nitriles is 1. The highest BCUT2D eigenvalue weighted by atomic mass is 19.4. The van der Waals surface area contributed by atoms with Gasteiger partial charge in [0.05, 0.1) is 67.3 Å². The Balaban J connectivity index is 1.64. The van der Waals surface area contributed by atoms with Crippen molar-refractivity contribution in [2.24, 2.45) is 0 Å². The van der Waals surface area contributed by atoms with E-state index in [1.807, 2.05) is 6.07 Å². The molecular weight excluding hydrogens is 762 g/mol. The lowest BCUT2D eigenvalue weighted by Crippen LogP contribution is -2.12. The van der Waals surface area contributed by atoms with Gasteiger partial charge < -0.3 is 9.13 Å². The van der Waals surface area contributed by atoms with E-state index in [-0.39, 0.29) is 55.8 Å². The molecule has 3 nitrogen and oxygen atoms in total. The van der Waals surface area contributed by atoms with Gasteiger partial charge in [0.2, 0.25) is 0 Å². The summed E-state index contributed by atoms with van der Waals surface area (Å²) < 4.78 is 174. The van der Waals surface area contributed by atoms with Crippen LogP contribution in [0.4, 0.5) is 52.7 Å². The molecule has 8 aromatic rings. The second-order valence-electron chi connectivity index (χ2n) is 13.0. The summed E-state index contributed by atoms with van der Waals surface area (Å²) in [6.45, 7) is 0. The van der Waals surface area contributed by atoms with Crippen LogP contribution in [0.25, 0.3) is 66.1 Å². The van der Waals surface area contributed by atoms with Crippen LogP contribution >= 0.6 is 0 Å². The molecular formula is C41H19F12N3. The van der Waals surface area contributed by atoms with Crippen LogP contribution in [0.3, 0.4) is 0 Å². The van der Waals surface area contributed by atoms with Crippen LogP contribution in [-0.4, -0.2) is 9.13 Å². The number of halogens is 12. The first-order chi connectivity index (χ1) is 26.3. The van der Waals surface area contributed by atoms with Gasteiger partial charge in [0.25, 0.3) is 0 Å². The van der Waals surface area contributed by atoms with Crippen molar-refractivity contribution in [1.29, 1.82) is 5.26 Å². The predicted octanol–water partition coefficient (Wildman–Crippen LogP) is 13.5. The van der Waals surface area contributed by atoms with Crippen molar-refractivity contribution >= 4 is 43.6 Å². The molecule has 0 N–H and O–H groups in total. The first kappa shape index (κ1) is 36.5. The van der Waals surface area contributed by atoms with Crippen molar-refractivity contribution in [3.05, 3.63) is 143 Å². The molecule has 0 fully saturated rings. The minimum absolute atomic E-state index is 0.0986. The van der Waals surface area contributed by atoms with Gasteiger partial charge in [-0.25, -0.2) is 0 Å². The Morgan fingerprint density at radius 2 is 0.768 bits per heavy atom. The van der Waals surface area contributed by atoms with E-state index in [4.69, 9.17) is 0 Å². The standard InChI is InChI=1S/C41H19F12N3/c42-38(43,44)23-9-11-29-27-5-1-3-7-31(27)55(33(29)18-23)35-13-21(20-54)14-36(37(35)22-15-25(40(48,49)50)17-26(16-22)41(51,52)53)56-32-8-4-2-6-28(32)30-12-10-24(19-34(30)56)39(45,46)47/h1-19H. The number of hydrogen-bond acceptors (Lipinski definition) is 1. The average molecular weight is 782 g/mol. The summed E-state index contributed by atoms with van der Waals surface area (Å²) in [5.41, 5.74) is -7.86. The van der Waals surface area contributed by atoms with E-state index in [1.165, 1.54) is 45.5 Å². The van der Waals surface area contributed by atoms with E-state index in [0.29, 0.717) is 22.9 Å². The molecule has 0 radical (unpaired) electrons.